The number of methoxy groups -OCH3 is 1. The summed E-state index contributed by atoms with van der Waals surface area (Å²) in [6.45, 7) is 3.70. The van der Waals surface area contributed by atoms with Crippen molar-refractivity contribution in [2.45, 2.75) is 44.4 Å². The molecule has 0 saturated carbocycles. The Hall–Kier alpha value is -2.41. The number of imide groups is 1. The number of amides is 3. The number of likely N-dealkylation sites (tertiary alicyclic amines) is 1. The number of benzene rings is 1. The van der Waals surface area contributed by atoms with Crippen LogP contribution in [0.1, 0.15) is 60.4 Å². The minimum absolute atomic E-state index is 0.00461. The van der Waals surface area contributed by atoms with Crippen LogP contribution in [0.4, 0.5) is 0 Å². The van der Waals surface area contributed by atoms with E-state index >= 15 is 0 Å². The van der Waals surface area contributed by atoms with E-state index in [1.54, 1.807) is 25.3 Å². The zero-order chi connectivity index (χ0) is 20.4. The maximum Gasteiger partial charge on any atom is 0.253 e. The fourth-order valence-electron chi connectivity index (χ4n) is 4.95. The number of nitrogens with zero attached hydrogens (tertiary/aromatic N) is 1. The molecule has 1 aromatic carbocycles. The average molecular weight is 399 g/mol. The molecule has 3 aliphatic heterocycles. The van der Waals surface area contributed by atoms with Crippen LogP contribution in [0.25, 0.3) is 0 Å². The molecule has 3 fully saturated rings. The van der Waals surface area contributed by atoms with Crippen molar-refractivity contribution in [2.24, 2.45) is 5.41 Å². The summed E-state index contributed by atoms with van der Waals surface area (Å²) in [5.74, 6) is -0.476. The Morgan fingerprint density at radius 2 is 1.86 bits per heavy atom. The molecule has 1 unspecified atom stereocenters. The maximum atomic E-state index is 13.2. The molecule has 4 rings (SSSR count). The Balaban J connectivity index is 1.50. The molecule has 3 amide bonds. The molecule has 0 bridgehead atoms. The average Bonchev–Trinajstić information content (AvgIpc) is 2.74. The minimum Gasteiger partial charge on any atom is -0.496 e. The van der Waals surface area contributed by atoms with Gasteiger partial charge in [0.05, 0.1) is 13.0 Å². The van der Waals surface area contributed by atoms with Gasteiger partial charge in [0.25, 0.3) is 5.91 Å². The van der Waals surface area contributed by atoms with Gasteiger partial charge in [0, 0.05) is 30.6 Å². The molecule has 156 valence electrons. The summed E-state index contributed by atoms with van der Waals surface area (Å²) in [5.41, 5.74) is 1.64. The molecule has 3 heterocycles. The van der Waals surface area contributed by atoms with Crippen molar-refractivity contribution in [3.05, 3.63) is 29.3 Å². The Morgan fingerprint density at radius 3 is 2.52 bits per heavy atom. The third-order valence-corrected chi connectivity index (χ3v) is 6.87. The van der Waals surface area contributed by atoms with Gasteiger partial charge in [0.2, 0.25) is 11.8 Å². The fourth-order valence-corrected chi connectivity index (χ4v) is 4.95. The molecular weight excluding hydrogens is 370 g/mol. The van der Waals surface area contributed by atoms with Crippen molar-refractivity contribution < 1.29 is 19.1 Å². The number of carbonyl (C=O) groups excluding carboxylic acids is 3. The zero-order valence-corrected chi connectivity index (χ0v) is 17.0. The Labute approximate surface area is 171 Å². The van der Waals surface area contributed by atoms with Crippen LogP contribution < -0.4 is 15.4 Å². The second-order valence-electron chi connectivity index (χ2n) is 8.50. The topological polar surface area (TPSA) is 87.7 Å². The Kier molecular flexibility index (Phi) is 5.58. The standard InChI is InChI=1S/C22H29N3O4/c1-29-18-4-2-15(14-17(18)16-3-5-19(26)24-20(16)27)21(28)25-12-8-22(9-13-25)6-10-23-11-7-22/h2,4,14,16,23H,3,5-13H2,1H3,(H,24,26,27). The van der Waals surface area contributed by atoms with E-state index in [0.717, 1.165) is 39.0 Å². The van der Waals surface area contributed by atoms with E-state index in [0.29, 0.717) is 35.1 Å². The Morgan fingerprint density at radius 1 is 1.14 bits per heavy atom. The van der Waals surface area contributed by atoms with Crippen LogP contribution >= 0.6 is 0 Å². The molecule has 1 spiro atoms. The van der Waals surface area contributed by atoms with Gasteiger partial charge in [-0.3, -0.25) is 19.7 Å². The van der Waals surface area contributed by atoms with E-state index < -0.39 is 5.92 Å². The predicted molar refractivity (Wildman–Crippen MR) is 108 cm³/mol. The lowest BCUT2D eigenvalue weighted by atomic mass is 9.71. The molecule has 0 aromatic heterocycles. The van der Waals surface area contributed by atoms with Gasteiger partial charge in [-0.05, 0) is 68.8 Å². The Bertz CT molecular complexity index is 806. The molecule has 3 aliphatic rings. The van der Waals surface area contributed by atoms with Gasteiger partial charge in [-0.2, -0.15) is 0 Å². The molecular formula is C22H29N3O4. The lowest BCUT2D eigenvalue weighted by molar-refractivity contribution is -0.134. The highest BCUT2D eigenvalue weighted by Crippen LogP contribution is 2.40. The summed E-state index contributed by atoms with van der Waals surface area (Å²) in [5, 5.41) is 5.81. The molecule has 2 N–H and O–H groups in total. The molecule has 1 atom stereocenters. The monoisotopic (exact) mass is 399 g/mol. The van der Waals surface area contributed by atoms with Crippen LogP contribution in [-0.2, 0) is 9.59 Å². The number of nitrogens with one attached hydrogen (secondary N) is 2. The first-order chi connectivity index (χ1) is 14.0. The van der Waals surface area contributed by atoms with E-state index in [2.05, 4.69) is 10.6 Å². The number of carbonyl (C=O) groups is 3. The number of rotatable bonds is 3. The van der Waals surface area contributed by atoms with E-state index in [4.69, 9.17) is 4.74 Å². The van der Waals surface area contributed by atoms with Gasteiger partial charge >= 0.3 is 0 Å². The van der Waals surface area contributed by atoms with Crippen molar-refractivity contribution in [3.63, 3.8) is 0 Å². The normalized spacial score (nSPS) is 24.3. The SMILES string of the molecule is COc1ccc(C(=O)N2CCC3(CCNCC3)CC2)cc1C1CCC(=O)NC1=O. The van der Waals surface area contributed by atoms with Crippen LogP contribution in [0.2, 0.25) is 0 Å². The van der Waals surface area contributed by atoms with Crippen molar-refractivity contribution >= 4 is 17.7 Å². The fraction of sp³-hybridized carbons (Fsp3) is 0.591. The molecule has 0 radical (unpaired) electrons. The van der Waals surface area contributed by atoms with Gasteiger partial charge in [-0.25, -0.2) is 0 Å². The van der Waals surface area contributed by atoms with Gasteiger partial charge in [0.1, 0.15) is 5.75 Å². The minimum atomic E-state index is -0.477. The van der Waals surface area contributed by atoms with Gasteiger partial charge in [-0.15, -0.1) is 0 Å². The first kappa shape index (κ1) is 19.9. The van der Waals surface area contributed by atoms with Crippen molar-refractivity contribution in [1.29, 1.82) is 0 Å². The van der Waals surface area contributed by atoms with Gasteiger partial charge < -0.3 is 15.0 Å². The maximum absolute atomic E-state index is 13.2. The number of hydrogen-bond acceptors (Lipinski definition) is 5. The van der Waals surface area contributed by atoms with Crippen LogP contribution in [-0.4, -0.2) is 55.9 Å². The molecule has 0 aliphatic carbocycles. The second kappa shape index (κ2) is 8.14. The number of piperidine rings is 3. The van der Waals surface area contributed by atoms with Crippen molar-refractivity contribution in [3.8, 4) is 5.75 Å². The van der Waals surface area contributed by atoms with E-state index in [9.17, 15) is 14.4 Å². The smallest absolute Gasteiger partial charge is 0.253 e. The quantitative estimate of drug-likeness (QED) is 0.757. The van der Waals surface area contributed by atoms with Crippen LogP contribution in [0.3, 0.4) is 0 Å². The molecule has 1 aromatic rings. The number of hydrogen-bond donors (Lipinski definition) is 2. The first-order valence-corrected chi connectivity index (χ1v) is 10.5. The molecule has 7 nitrogen and oxygen atoms in total. The second-order valence-corrected chi connectivity index (χ2v) is 8.50. The highest BCUT2D eigenvalue weighted by molar-refractivity contribution is 6.02. The van der Waals surface area contributed by atoms with E-state index in [1.165, 1.54) is 12.8 Å². The van der Waals surface area contributed by atoms with E-state index in [-0.39, 0.29) is 17.7 Å². The summed E-state index contributed by atoms with van der Waals surface area (Å²) < 4.78 is 5.43. The highest BCUT2D eigenvalue weighted by Gasteiger charge is 2.37. The van der Waals surface area contributed by atoms with Crippen LogP contribution in [0.15, 0.2) is 18.2 Å². The summed E-state index contributed by atoms with van der Waals surface area (Å²) in [6.07, 6.45) is 5.21. The lowest BCUT2D eigenvalue weighted by Crippen LogP contribution is -2.47. The predicted octanol–water partition coefficient (Wildman–Crippen LogP) is 1.82. The third kappa shape index (κ3) is 4.01. The summed E-state index contributed by atoms with van der Waals surface area (Å²) in [7, 11) is 1.55. The van der Waals surface area contributed by atoms with E-state index in [1.807, 2.05) is 4.90 Å². The first-order valence-electron chi connectivity index (χ1n) is 10.5. The summed E-state index contributed by atoms with van der Waals surface area (Å²) >= 11 is 0. The van der Waals surface area contributed by atoms with Gasteiger partial charge in [-0.1, -0.05) is 0 Å². The molecule has 29 heavy (non-hydrogen) atoms. The van der Waals surface area contributed by atoms with Crippen molar-refractivity contribution in [1.82, 2.24) is 15.5 Å². The summed E-state index contributed by atoms with van der Waals surface area (Å²) in [4.78, 5) is 38.9. The summed E-state index contributed by atoms with van der Waals surface area (Å²) in [6, 6.07) is 5.30. The molecule has 3 saturated heterocycles. The largest absolute Gasteiger partial charge is 0.496 e. The van der Waals surface area contributed by atoms with Crippen molar-refractivity contribution in [2.75, 3.05) is 33.3 Å². The lowest BCUT2D eigenvalue weighted by Gasteiger charge is -2.44. The highest BCUT2D eigenvalue weighted by atomic mass is 16.5. The van der Waals surface area contributed by atoms with Crippen LogP contribution in [0, 0.1) is 5.41 Å². The molecule has 7 heteroatoms. The number of ether oxygens (including phenoxy) is 1. The zero-order valence-electron chi connectivity index (χ0n) is 17.0. The van der Waals surface area contributed by atoms with Crippen LogP contribution in [0.5, 0.6) is 5.75 Å². The third-order valence-electron chi connectivity index (χ3n) is 6.87. The van der Waals surface area contributed by atoms with Gasteiger partial charge in [0.15, 0.2) is 0 Å².